The van der Waals surface area contributed by atoms with Gasteiger partial charge in [-0.1, -0.05) is 292 Å². The minimum absolute atomic E-state index is 0.0658. The Morgan fingerprint density at radius 1 is 0.333 bits per heavy atom. The van der Waals surface area contributed by atoms with E-state index in [-0.39, 0.29) is 25.2 Å². The predicted octanol–water partition coefficient (Wildman–Crippen LogP) is 21.3. The molecule has 0 amide bonds. The molecule has 72 heavy (non-hydrogen) atoms. The Labute approximate surface area is 447 Å². The van der Waals surface area contributed by atoms with Crippen molar-refractivity contribution in [1.82, 2.24) is 0 Å². The van der Waals surface area contributed by atoms with Crippen molar-refractivity contribution in [3.05, 3.63) is 85.1 Å². The molecule has 0 aromatic heterocycles. The lowest BCUT2D eigenvalue weighted by molar-refractivity contribution is -0.161. The lowest BCUT2D eigenvalue weighted by Crippen LogP contribution is -2.28. The van der Waals surface area contributed by atoms with Crippen LogP contribution in [0.3, 0.4) is 0 Å². The molecule has 0 aromatic rings. The number of aliphatic hydroxyl groups is 1. The van der Waals surface area contributed by atoms with E-state index in [2.05, 4.69) is 98.9 Å². The molecule has 0 aliphatic heterocycles. The van der Waals surface area contributed by atoms with Crippen molar-refractivity contribution in [2.75, 3.05) is 13.2 Å². The molecule has 1 unspecified atom stereocenters. The first-order chi connectivity index (χ1) is 35.6. The van der Waals surface area contributed by atoms with Crippen molar-refractivity contribution in [1.29, 1.82) is 0 Å². The van der Waals surface area contributed by atoms with Crippen molar-refractivity contribution in [2.45, 2.75) is 315 Å². The summed E-state index contributed by atoms with van der Waals surface area (Å²) in [6, 6.07) is 0. The molecular weight excluding hydrogens is 885 g/mol. The Kier molecular flexibility index (Phi) is 59.8. The lowest BCUT2D eigenvalue weighted by Gasteiger charge is -2.15. The van der Waals surface area contributed by atoms with Gasteiger partial charge in [0.1, 0.15) is 6.61 Å². The Morgan fingerprint density at radius 3 is 0.903 bits per heavy atom. The van der Waals surface area contributed by atoms with Crippen LogP contribution in [0.2, 0.25) is 0 Å². The molecule has 5 nitrogen and oxygen atoms in total. The Bertz CT molecular complexity index is 1320. The highest BCUT2D eigenvalue weighted by Gasteiger charge is 2.16. The average Bonchev–Trinajstić information content (AvgIpc) is 3.38. The number of carbonyl (C=O) groups is 2. The molecule has 1 N–H and O–H groups in total. The molecule has 5 heteroatoms. The number of esters is 2. The summed E-state index contributed by atoms with van der Waals surface area (Å²) in [5.74, 6) is -0.581. The normalized spacial score (nSPS) is 12.8. The van der Waals surface area contributed by atoms with Gasteiger partial charge in [-0.2, -0.15) is 0 Å². The molecule has 0 aliphatic carbocycles. The largest absolute Gasteiger partial charge is 0.462 e. The van der Waals surface area contributed by atoms with Gasteiger partial charge in [0.25, 0.3) is 0 Å². The fourth-order valence-electron chi connectivity index (χ4n) is 9.03. The summed E-state index contributed by atoms with van der Waals surface area (Å²) in [7, 11) is 0. The van der Waals surface area contributed by atoms with E-state index in [0.29, 0.717) is 12.8 Å². The van der Waals surface area contributed by atoms with Crippen LogP contribution in [0.4, 0.5) is 0 Å². The highest BCUT2D eigenvalue weighted by Crippen LogP contribution is 2.17. The molecule has 416 valence electrons. The first kappa shape index (κ1) is 69.1. The van der Waals surface area contributed by atoms with Gasteiger partial charge < -0.3 is 14.6 Å². The minimum Gasteiger partial charge on any atom is -0.462 e. The van der Waals surface area contributed by atoms with Crippen LogP contribution >= 0.6 is 0 Å². The van der Waals surface area contributed by atoms with Gasteiger partial charge in [0.15, 0.2) is 6.10 Å². The topological polar surface area (TPSA) is 72.8 Å². The van der Waals surface area contributed by atoms with E-state index in [0.717, 1.165) is 77.0 Å². The Hall–Kier alpha value is -2.92. The molecule has 0 rings (SSSR count). The van der Waals surface area contributed by atoms with Gasteiger partial charge in [-0.3, -0.25) is 9.59 Å². The van der Waals surface area contributed by atoms with E-state index in [1.54, 1.807) is 0 Å². The molecule has 0 saturated heterocycles. The van der Waals surface area contributed by atoms with Crippen LogP contribution in [0.15, 0.2) is 85.1 Å². The second-order valence-electron chi connectivity index (χ2n) is 20.8. The third-order valence-electron chi connectivity index (χ3n) is 13.7. The zero-order chi connectivity index (χ0) is 52.0. The third kappa shape index (κ3) is 59.6. The number of ether oxygens (including phenoxy) is 2. The van der Waals surface area contributed by atoms with Gasteiger partial charge in [0, 0.05) is 12.8 Å². The molecule has 1 atom stereocenters. The first-order valence-electron chi connectivity index (χ1n) is 31.1. The van der Waals surface area contributed by atoms with E-state index in [4.69, 9.17) is 9.47 Å². The van der Waals surface area contributed by atoms with Crippen molar-refractivity contribution in [3.8, 4) is 0 Å². The number of rotatable bonds is 57. The number of hydrogen-bond donors (Lipinski definition) is 1. The summed E-state index contributed by atoms with van der Waals surface area (Å²) >= 11 is 0. The molecule has 0 radical (unpaired) electrons. The van der Waals surface area contributed by atoms with E-state index in [9.17, 15) is 14.7 Å². The van der Waals surface area contributed by atoms with Crippen LogP contribution in [0, 0.1) is 0 Å². The maximum absolute atomic E-state index is 12.3. The number of unbranched alkanes of at least 4 members (excludes halogenated alkanes) is 35. The second kappa shape index (κ2) is 62.4. The molecule has 0 bridgehead atoms. The number of carbonyl (C=O) groups excluding carboxylic acids is 2. The standard InChI is InChI=1S/C67H118O5/c1-3-5-7-9-11-13-15-17-19-21-23-25-27-29-31-32-33-34-36-38-40-42-44-46-48-50-52-54-56-58-60-62-67(70)72-65(63-68)64-71-66(69)61-59-57-55-53-51-49-47-45-43-41-39-37-35-30-28-26-24-22-20-18-16-14-12-10-8-6-4-2/h5,7,11,13,16-19,22-25,29,31,65,68H,3-4,6,8-10,12,14-15,20-21,26-28,30,32-64H2,1-2H3/b7-5-,13-11-,18-16-,19-17-,24-22-,25-23-,31-29-. The average molecular weight is 1000 g/mol. The maximum Gasteiger partial charge on any atom is 0.306 e. The fourth-order valence-corrected chi connectivity index (χ4v) is 9.03. The van der Waals surface area contributed by atoms with E-state index in [1.165, 1.54) is 205 Å². The molecular formula is C67H118O5. The fraction of sp³-hybridized carbons (Fsp3) is 0.761. The second-order valence-corrected chi connectivity index (χ2v) is 20.8. The van der Waals surface area contributed by atoms with Gasteiger partial charge in [-0.05, 0) is 89.9 Å². The summed E-state index contributed by atoms with van der Waals surface area (Å²) < 4.78 is 10.7. The summed E-state index contributed by atoms with van der Waals surface area (Å²) in [6.07, 6.45) is 87.2. The van der Waals surface area contributed by atoms with Crippen LogP contribution in [0.25, 0.3) is 0 Å². The zero-order valence-electron chi connectivity index (χ0n) is 47.7. The van der Waals surface area contributed by atoms with Gasteiger partial charge in [-0.25, -0.2) is 0 Å². The SMILES string of the molecule is CC/C=C\C/C=C\C/C=C\C/C=C\C/C=C\CCCCCCCCCCCCCCCCCC(=O)OC(CO)COC(=O)CCCCCCCCCCCCCCCCC/C=C\C/C=C\CCCCCCC. The van der Waals surface area contributed by atoms with Gasteiger partial charge in [-0.15, -0.1) is 0 Å². The molecule has 0 aliphatic rings. The first-order valence-corrected chi connectivity index (χ1v) is 31.1. The van der Waals surface area contributed by atoms with Crippen LogP contribution in [-0.2, 0) is 19.1 Å². The lowest BCUT2D eigenvalue weighted by atomic mass is 10.0. The molecule has 0 fully saturated rings. The number of aliphatic hydroxyl groups excluding tert-OH is 1. The van der Waals surface area contributed by atoms with Gasteiger partial charge in [0.2, 0.25) is 0 Å². The highest BCUT2D eigenvalue weighted by atomic mass is 16.6. The van der Waals surface area contributed by atoms with Crippen molar-refractivity contribution < 1.29 is 24.2 Å². The quantitative estimate of drug-likeness (QED) is 0.0373. The highest BCUT2D eigenvalue weighted by molar-refractivity contribution is 5.70. The predicted molar refractivity (Wildman–Crippen MR) is 316 cm³/mol. The molecule has 0 heterocycles. The smallest absolute Gasteiger partial charge is 0.306 e. The summed E-state index contributed by atoms with van der Waals surface area (Å²) in [6.45, 7) is 4.05. The maximum atomic E-state index is 12.3. The Morgan fingerprint density at radius 2 is 0.597 bits per heavy atom. The van der Waals surface area contributed by atoms with Crippen molar-refractivity contribution in [2.24, 2.45) is 0 Å². The van der Waals surface area contributed by atoms with Crippen LogP contribution in [0.5, 0.6) is 0 Å². The summed E-state index contributed by atoms with van der Waals surface area (Å²) in [4.78, 5) is 24.6. The van der Waals surface area contributed by atoms with E-state index >= 15 is 0 Å². The van der Waals surface area contributed by atoms with Crippen LogP contribution < -0.4 is 0 Å². The third-order valence-corrected chi connectivity index (χ3v) is 13.7. The van der Waals surface area contributed by atoms with Crippen molar-refractivity contribution >= 4 is 11.9 Å². The summed E-state index contributed by atoms with van der Waals surface area (Å²) in [5, 5.41) is 9.68. The van der Waals surface area contributed by atoms with E-state index < -0.39 is 6.10 Å². The number of allylic oxidation sites excluding steroid dienone is 14. The Balaban J connectivity index is 3.46. The summed E-state index contributed by atoms with van der Waals surface area (Å²) in [5.41, 5.74) is 0. The van der Waals surface area contributed by atoms with Crippen LogP contribution in [-0.4, -0.2) is 36.4 Å². The van der Waals surface area contributed by atoms with Crippen molar-refractivity contribution in [3.63, 3.8) is 0 Å². The molecule has 0 saturated carbocycles. The molecule has 0 aromatic carbocycles. The minimum atomic E-state index is -0.776. The van der Waals surface area contributed by atoms with Gasteiger partial charge in [0.05, 0.1) is 6.61 Å². The van der Waals surface area contributed by atoms with Crippen LogP contribution in [0.1, 0.15) is 309 Å². The monoisotopic (exact) mass is 1000 g/mol. The molecule has 0 spiro atoms. The number of hydrogen-bond acceptors (Lipinski definition) is 5. The van der Waals surface area contributed by atoms with E-state index in [1.807, 2.05) is 0 Å². The zero-order valence-corrected chi connectivity index (χ0v) is 47.7. The van der Waals surface area contributed by atoms with Gasteiger partial charge >= 0.3 is 11.9 Å².